The summed E-state index contributed by atoms with van der Waals surface area (Å²) in [6.07, 6.45) is 0. The lowest BCUT2D eigenvalue weighted by atomic mass is 9.80. The molecule has 0 spiro atoms. The average molecular weight is 287 g/mol. The Kier molecular flexibility index (Phi) is 4.72. The number of anilines is 1. The van der Waals surface area contributed by atoms with Gasteiger partial charge in [0.1, 0.15) is 5.82 Å². The Morgan fingerprint density at radius 2 is 1.67 bits per heavy atom. The fourth-order valence-electron chi connectivity index (χ4n) is 1.89. The summed E-state index contributed by atoms with van der Waals surface area (Å²) in [5.74, 6) is -0.989. The molecule has 1 amide bonds. The van der Waals surface area contributed by atoms with Crippen molar-refractivity contribution in [3.8, 4) is 0 Å². The van der Waals surface area contributed by atoms with Crippen LogP contribution in [0, 0.1) is 5.82 Å². The van der Waals surface area contributed by atoms with Crippen LogP contribution in [0.5, 0.6) is 0 Å². The molecule has 4 nitrogen and oxygen atoms in total. The van der Waals surface area contributed by atoms with Crippen LogP contribution in [0.4, 0.5) is 10.1 Å². The smallest absolute Gasteiger partial charge is 0.423 e. The number of halogens is 1. The lowest BCUT2D eigenvalue weighted by Crippen LogP contribution is -2.29. The first-order chi connectivity index (χ1) is 9.97. The third kappa shape index (κ3) is 3.90. The number of rotatable bonds is 4. The molecule has 0 aliphatic rings. The zero-order valence-corrected chi connectivity index (χ0v) is 11.5. The minimum absolute atomic E-state index is 0.223. The van der Waals surface area contributed by atoms with E-state index in [1.807, 2.05) is 0 Å². The zero-order valence-electron chi connectivity index (χ0n) is 11.5. The molecule has 0 aliphatic carbocycles. The van der Waals surface area contributed by atoms with Crippen molar-refractivity contribution in [3.63, 3.8) is 0 Å². The minimum Gasteiger partial charge on any atom is -0.423 e. The van der Waals surface area contributed by atoms with Crippen LogP contribution >= 0.6 is 0 Å². The molecule has 2 aromatic carbocycles. The number of hydrogen-bond acceptors (Lipinski definition) is 3. The summed E-state index contributed by atoms with van der Waals surface area (Å²) in [5, 5.41) is 20.7. The normalized spacial score (nSPS) is 11.8. The molecule has 2 aromatic rings. The van der Waals surface area contributed by atoms with Gasteiger partial charge < -0.3 is 15.4 Å². The van der Waals surface area contributed by atoms with Crippen LogP contribution in [-0.2, 0) is 4.79 Å². The zero-order chi connectivity index (χ0) is 15.4. The van der Waals surface area contributed by atoms with Gasteiger partial charge in [-0.25, -0.2) is 4.39 Å². The van der Waals surface area contributed by atoms with Crippen molar-refractivity contribution < 1.29 is 19.2 Å². The number of hydrogen-bond donors (Lipinski definition) is 3. The molecule has 0 saturated heterocycles. The van der Waals surface area contributed by atoms with Gasteiger partial charge in [0.25, 0.3) is 0 Å². The van der Waals surface area contributed by atoms with E-state index in [-0.39, 0.29) is 11.7 Å². The number of amides is 1. The van der Waals surface area contributed by atoms with Gasteiger partial charge in [0, 0.05) is 5.69 Å². The van der Waals surface area contributed by atoms with Crippen LogP contribution in [-0.4, -0.2) is 23.1 Å². The van der Waals surface area contributed by atoms with Gasteiger partial charge in [-0.05, 0) is 42.2 Å². The second-order valence-electron chi connectivity index (χ2n) is 4.76. The predicted octanol–water partition coefficient (Wildman–Crippen LogP) is 1.25. The summed E-state index contributed by atoms with van der Waals surface area (Å²) in [4.78, 5) is 12.1. The Morgan fingerprint density at radius 1 is 1.10 bits per heavy atom. The minimum atomic E-state index is -1.53. The van der Waals surface area contributed by atoms with Gasteiger partial charge in [-0.1, -0.05) is 24.3 Å². The lowest BCUT2D eigenvalue weighted by Gasteiger charge is -2.13. The maximum atomic E-state index is 12.9. The molecule has 108 valence electrons. The molecule has 1 atom stereocenters. The molecule has 0 fully saturated rings. The summed E-state index contributed by atoms with van der Waals surface area (Å²) in [6.45, 7) is 1.73. The van der Waals surface area contributed by atoms with Crippen molar-refractivity contribution in [3.05, 3.63) is 59.9 Å². The molecule has 0 aromatic heterocycles. The summed E-state index contributed by atoms with van der Waals surface area (Å²) in [7, 11) is -1.53. The summed E-state index contributed by atoms with van der Waals surface area (Å²) < 4.78 is 12.9. The highest BCUT2D eigenvalue weighted by Gasteiger charge is 2.16. The largest absolute Gasteiger partial charge is 0.488 e. The highest BCUT2D eigenvalue weighted by Crippen LogP contribution is 2.18. The monoisotopic (exact) mass is 287 g/mol. The van der Waals surface area contributed by atoms with Gasteiger partial charge in [-0.3, -0.25) is 4.79 Å². The standard InChI is InChI=1S/C15H15BFNO3/c1-10(11-2-6-13(17)7-3-11)15(19)18-14-8-4-12(5-9-14)16(20)21/h2-10,20-21H,1H3,(H,18,19). The van der Waals surface area contributed by atoms with Crippen molar-refractivity contribution in [2.45, 2.75) is 12.8 Å². The second kappa shape index (κ2) is 6.52. The van der Waals surface area contributed by atoms with E-state index in [9.17, 15) is 9.18 Å². The molecule has 6 heteroatoms. The van der Waals surface area contributed by atoms with Crippen LogP contribution in [0.1, 0.15) is 18.4 Å². The first-order valence-corrected chi connectivity index (χ1v) is 6.50. The first-order valence-electron chi connectivity index (χ1n) is 6.50. The lowest BCUT2D eigenvalue weighted by molar-refractivity contribution is -0.117. The molecule has 0 heterocycles. The van der Waals surface area contributed by atoms with Crippen LogP contribution in [0.15, 0.2) is 48.5 Å². The molecule has 0 radical (unpaired) electrons. The molecular weight excluding hydrogens is 272 g/mol. The van der Waals surface area contributed by atoms with Crippen molar-refractivity contribution in [1.29, 1.82) is 0 Å². The van der Waals surface area contributed by atoms with Crippen molar-refractivity contribution in [2.75, 3.05) is 5.32 Å². The third-order valence-corrected chi connectivity index (χ3v) is 3.24. The highest BCUT2D eigenvalue weighted by atomic mass is 19.1. The van der Waals surface area contributed by atoms with Gasteiger partial charge in [0.05, 0.1) is 5.92 Å². The van der Waals surface area contributed by atoms with Crippen molar-refractivity contribution in [1.82, 2.24) is 0 Å². The van der Waals surface area contributed by atoms with Crippen molar-refractivity contribution in [2.24, 2.45) is 0 Å². The molecule has 2 rings (SSSR count). The van der Waals surface area contributed by atoms with E-state index in [2.05, 4.69) is 5.32 Å². The molecule has 0 saturated carbocycles. The molecule has 3 N–H and O–H groups in total. The van der Waals surface area contributed by atoms with Gasteiger partial charge in [-0.15, -0.1) is 0 Å². The first kappa shape index (κ1) is 15.2. The second-order valence-corrected chi connectivity index (χ2v) is 4.76. The Bertz CT molecular complexity index is 614. The Morgan fingerprint density at radius 3 is 2.19 bits per heavy atom. The Balaban J connectivity index is 2.05. The number of carbonyl (C=O) groups excluding carboxylic acids is 1. The van der Waals surface area contributed by atoms with Crippen LogP contribution in [0.3, 0.4) is 0 Å². The molecular formula is C15H15BFNO3. The number of nitrogens with one attached hydrogen (secondary N) is 1. The van der Waals surface area contributed by atoms with E-state index in [0.717, 1.165) is 5.56 Å². The Labute approximate surface area is 122 Å². The van der Waals surface area contributed by atoms with Crippen LogP contribution in [0.2, 0.25) is 0 Å². The van der Waals surface area contributed by atoms with Crippen LogP contribution < -0.4 is 10.8 Å². The molecule has 0 bridgehead atoms. The molecule has 21 heavy (non-hydrogen) atoms. The topological polar surface area (TPSA) is 69.6 Å². The predicted molar refractivity (Wildman–Crippen MR) is 79.7 cm³/mol. The highest BCUT2D eigenvalue weighted by molar-refractivity contribution is 6.58. The van der Waals surface area contributed by atoms with E-state index >= 15 is 0 Å². The van der Waals surface area contributed by atoms with Crippen molar-refractivity contribution >= 4 is 24.2 Å². The van der Waals surface area contributed by atoms with E-state index in [0.29, 0.717) is 11.2 Å². The summed E-state index contributed by atoms with van der Waals surface area (Å²) in [5.41, 5.74) is 1.62. The van der Waals surface area contributed by atoms with Gasteiger partial charge in [0.2, 0.25) is 5.91 Å². The van der Waals surface area contributed by atoms with E-state index < -0.39 is 13.0 Å². The third-order valence-electron chi connectivity index (χ3n) is 3.24. The quantitative estimate of drug-likeness (QED) is 0.741. The molecule has 0 aliphatic heterocycles. The average Bonchev–Trinajstić information content (AvgIpc) is 2.47. The van der Waals surface area contributed by atoms with Gasteiger partial charge >= 0.3 is 7.12 Å². The molecule has 1 unspecified atom stereocenters. The van der Waals surface area contributed by atoms with E-state index in [4.69, 9.17) is 10.0 Å². The summed E-state index contributed by atoms with van der Waals surface area (Å²) >= 11 is 0. The maximum Gasteiger partial charge on any atom is 0.488 e. The maximum absolute atomic E-state index is 12.9. The number of benzene rings is 2. The summed E-state index contributed by atoms with van der Waals surface area (Å²) in [6, 6.07) is 12.0. The Hall–Kier alpha value is -2.18. The fraction of sp³-hybridized carbons (Fsp3) is 0.133. The van der Waals surface area contributed by atoms with E-state index in [1.54, 1.807) is 31.2 Å². The van der Waals surface area contributed by atoms with Crippen LogP contribution in [0.25, 0.3) is 0 Å². The van der Waals surface area contributed by atoms with E-state index in [1.165, 1.54) is 24.3 Å². The fourth-order valence-corrected chi connectivity index (χ4v) is 1.89. The van der Waals surface area contributed by atoms with Gasteiger partial charge in [0.15, 0.2) is 0 Å². The van der Waals surface area contributed by atoms with Gasteiger partial charge in [-0.2, -0.15) is 0 Å². The SMILES string of the molecule is CC(C(=O)Nc1ccc(B(O)O)cc1)c1ccc(F)cc1. The number of carbonyl (C=O) groups is 1.